The summed E-state index contributed by atoms with van der Waals surface area (Å²) in [6.45, 7) is 1.87. The van der Waals surface area contributed by atoms with E-state index < -0.39 is 4.92 Å². The van der Waals surface area contributed by atoms with Gasteiger partial charge in [-0.05, 0) is 13.0 Å². The third kappa shape index (κ3) is 2.95. The molecule has 5 nitrogen and oxygen atoms in total. The van der Waals surface area contributed by atoms with Crippen LogP contribution in [0.1, 0.15) is 13.3 Å². The Balaban J connectivity index is 2.85. The summed E-state index contributed by atoms with van der Waals surface area (Å²) in [5.74, 6) is 2.49. The Morgan fingerprint density at radius 3 is 3.13 bits per heavy atom. The van der Waals surface area contributed by atoms with Gasteiger partial charge in [0.15, 0.2) is 0 Å². The normalized spacial score (nSPS) is 11.5. The topological polar surface area (TPSA) is 68.1 Å². The zero-order chi connectivity index (χ0) is 11.3. The standard InChI is InChI=1S/C10H11N3O2/c1-3-4-8(2)12-9-5-6-11-7-10(9)13(14)15/h1,5-8H,4H2,2H3,(H,11,12). The molecule has 0 radical (unpaired) electrons. The van der Waals surface area contributed by atoms with Gasteiger partial charge in [-0.25, -0.2) is 0 Å². The summed E-state index contributed by atoms with van der Waals surface area (Å²) in [6, 6.07) is 1.56. The van der Waals surface area contributed by atoms with Gasteiger partial charge in [0.25, 0.3) is 0 Å². The summed E-state index contributed by atoms with van der Waals surface area (Å²) in [4.78, 5) is 13.9. The quantitative estimate of drug-likeness (QED) is 0.462. The number of nitrogens with zero attached hydrogens (tertiary/aromatic N) is 2. The highest BCUT2D eigenvalue weighted by molar-refractivity contribution is 5.60. The van der Waals surface area contributed by atoms with Crippen LogP contribution < -0.4 is 5.32 Å². The Labute approximate surface area is 87.7 Å². The lowest BCUT2D eigenvalue weighted by molar-refractivity contribution is -0.384. The van der Waals surface area contributed by atoms with Gasteiger partial charge < -0.3 is 5.32 Å². The van der Waals surface area contributed by atoms with Gasteiger partial charge in [-0.15, -0.1) is 12.3 Å². The first-order valence-corrected chi connectivity index (χ1v) is 4.43. The summed E-state index contributed by atoms with van der Waals surface area (Å²) in [5, 5.41) is 13.6. The largest absolute Gasteiger partial charge is 0.376 e. The number of rotatable bonds is 4. The van der Waals surface area contributed by atoms with Crippen molar-refractivity contribution in [2.45, 2.75) is 19.4 Å². The predicted molar refractivity (Wildman–Crippen MR) is 57.4 cm³/mol. The monoisotopic (exact) mass is 205 g/mol. The maximum Gasteiger partial charge on any atom is 0.310 e. The van der Waals surface area contributed by atoms with Crippen molar-refractivity contribution >= 4 is 11.4 Å². The second-order valence-electron chi connectivity index (χ2n) is 3.10. The molecule has 0 aromatic carbocycles. The number of nitrogens with one attached hydrogen (secondary N) is 1. The van der Waals surface area contributed by atoms with Crippen LogP contribution in [0, 0.1) is 22.5 Å². The van der Waals surface area contributed by atoms with Crippen molar-refractivity contribution in [2.75, 3.05) is 5.32 Å². The van der Waals surface area contributed by atoms with Crippen LogP contribution in [-0.2, 0) is 0 Å². The first-order chi connectivity index (χ1) is 7.15. The van der Waals surface area contributed by atoms with Crippen LogP contribution in [0.5, 0.6) is 0 Å². The van der Waals surface area contributed by atoms with Gasteiger partial charge in [0, 0.05) is 18.7 Å². The Hall–Kier alpha value is -2.09. The van der Waals surface area contributed by atoms with Crippen molar-refractivity contribution in [2.24, 2.45) is 0 Å². The summed E-state index contributed by atoms with van der Waals surface area (Å²) in [6.07, 6.45) is 8.37. The molecule has 5 heteroatoms. The van der Waals surface area contributed by atoms with Gasteiger partial charge in [-0.1, -0.05) is 0 Å². The summed E-state index contributed by atoms with van der Waals surface area (Å²) in [7, 11) is 0. The molecule has 0 saturated heterocycles. The number of pyridine rings is 1. The van der Waals surface area contributed by atoms with Gasteiger partial charge in [0.1, 0.15) is 11.9 Å². The van der Waals surface area contributed by atoms with Gasteiger partial charge in [0.05, 0.1) is 4.92 Å². The molecule has 0 fully saturated rings. The lowest BCUT2D eigenvalue weighted by Crippen LogP contribution is -2.15. The lowest BCUT2D eigenvalue weighted by Gasteiger charge is -2.11. The van der Waals surface area contributed by atoms with Crippen LogP contribution >= 0.6 is 0 Å². The van der Waals surface area contributed by atoms with E-state index >= 15 is 0 Å². The number of hydrogen-bond donors (Lipinski definition) is 1. The molecule has 0 amide bonds. The summed E-state index contributed by atoms with van der Waals surface area (Å²) >= 11 is 0. The van der Waals surface area contributed by atoms with E-state index in [2.05, 4.69) is 16.2 Å². The minimum atomic E-state index is -0.474. The number of terminal acetylenes is 1. The molecule has 1 unspecified atom stereocenters. The zero-order valence-electron chi connectivity index (χ0n) is 8.30. The van der Waals surface area contributed by atoms with E-state index in [1.165, 1.54) is 12.4 Å². The van der Waals surface area contributed by atoms with Crippen LogP contribution in [-0.4, -0.2) is 15.9 Å². The van der Waals surface area contributed by atoms with Crippen molar-refractivity contribution in [3.8, 4) is 12.3 Å². The molecule has 15 heavy (non-hydrogen) atoms. The molecule has 0 bridgehead atoms. The molecule has 0 aliphatic rings. The number of nitro groups is 1. The molecule has 1 atom stereocenters. The van der Waals surface area contributed by atoms with Crippen molar-refractivity contribution in [3.63, 3.8) is 0 Å². The molecule has 1 N–H and O–H groups in total. The fraction of sp³-hybridized carbons (Fsp3) is 0.300. The van der Waals surface area contributed by atoms with E-state index in [-0.39, 0.29) is 11.7 Å². The second-order valence-corrected chi connectivity index (χ2v) is 3.10. The first-order valence-electron chi connectivity index (χ1n) is 4.43. The van der Waals surface area contributed by atoms with Crippen molar-refractivity contribution in [1.82, 2.24) is 4.98 Å². The smallest absolute Gasteiger partial charge is 0.310 e. The van der Waals surface area contributed by atoms with Gasteiger partial charge in [0.2, 0.25) is 0 Å². The van der Waals surface area contributed by atoms with Crippen LogP contribution in [0.2, 0.25) is 0 Å². The molecular weight excluding hydrogens is 194 g/mol. The average Bonchev–Trinajstić information content (AvgIpc) is 2.18. The third-order valence-corrected chi connectivity index (χ3v) is 1.82. The molecule has 0 aliphatic carbocycles. The van der Waals surface area contributed by atoms with E-state index in [1.54, 1.807) is 6.07 Å². The SMILES string of the molecule is C#CCC(C)Nc1ccncc1[N+](=O)[O-]. The predicted octanol–water partition coefficient (Wildman–Crippen LogP) is 1.81. The fourth-order valence-corrected chi connectivity index (χ4v) is 1.15. The van der Waals surface area contributed by atoms with E-state index in [9.17, 15) is 10.1 Å². The van der Waals surface area contributed by atoms with Crippen LogP contribution in [0.3, 0.4) is 0 Å². The Kier molecular flexibility index (Phi) is 3.63. The second kappa shape index (κ2) is 4.96. The minimum absolute atomic E-state index is 0.00361. The Morgan fingerprint density at radius 1 is 1.80 bits per heavy atom. The summed E-state index contributed by atoms with van der Waals surface area (Å²) in [5.41, 5.74) is 0.402. The van der Waals surface area contributed by atoms with E-state index in [0.717, 1.165) is 0 Å². The molecular formula is C10H11N3O2. The first kappa shape index (κ1) is 11.0. The van der Waals surface area contributed by atoms with Gasteiger partial charge >= 0.3 is 5.69 Å². The molecule has 1 aromatic rings. The molecule has 0 aliphatic heterocycles. The highest BCUT2D eigenvalue weighted by Gasteiger charge is 2.14. The van der Waals surface area contributed by atoms with Gasteiger partial charge in [-0.3, -0.25) is 15.1 Å². The Morgan fingerprint density at radius 2 is 2.53 bits per heavy atom. The summed E-state index contributed by atoms with van der Waals surface area (Å²) < 4.78 is 0. The molecule has 1 aromatic heterocycles. The van der Waals surface area contributed by atoms with E-state index in [1.807, 2.05) is 6.92 Å². The van der Waals surface area contributed by atoms with E-state index in [0.29, 0.717) is 12.1 Å². The molecule has 1 rings (SSSR count). The van der Waals surface area contributed by atoms with E-state index in [4.69, 9.17) is 6.42 Å². The highest BCUT2D eigenvalue weighted by atomic mass is 16.6. The fourth-order valence-electron chi connectivity index (χ4n) is 1.15. The number of hydrogen-bond acceptors (Lipinski definition) is 4. The van der Waals surface area contributed by atoms with Crippen LogP contribution in [0.25, 0.3) is 0 Å². The zero-order valence-corrected chi connectivity index (χ0v) is 8.30. The van der Waals surface area contributed by atoms with Crippen molar-refractivity contribution in [3.05, 3.63) is 28.6 Å². The third-order valence-electron chi connectivity index (χ3n) is 1.82. The van der Waals surface area contributed by atoms with Crippen molar-refractivity contribution in [1.29, 1.82) is 0 Å². The maximum absolute atomic E-state index is 10.6. The average molecular weight is 205 g/mol. The lowest BCUT2D eigenvalue weighted by atomic mass is 10.2. The van der Waals surface area contributed by atoms with Gasteiger partial charge in [-0.2, -0.15) is 0 Å². The molecule has 78 valence electrons. The number of aromatic nitrogens is 1. The molecule has 1 heterocycles. The molecule has 0 saturated carbocycles. The van der Waals surface area contributed by atoms with Crippen LogP contribution in [0.4, 0.5) is 11.4 Å². The number of anilines is 1. The minimum Gasteiger partial charge on any atom is -0.376 e. The molecule has 0 spiro atoms. The highest BCUT2D eigenvalue weighted by Crippen LogP contribution is 2.22. The maximum atomic E-state index is 10.6. The Bertz CT molecular complexity index is 398. The van der Waals surface area contributed by atoms with Crippen molar-refractivity contribution < 1.29 is 4.92 Å². The van der Waals surface area contributed by atoms with Crippen LogP contribution in [0.15, 0.2) is 18.5 Å².